The van der Waals surface area contributed by atoms with E-state index in [1.165, 1.54) is 0 Å². The lowest BCUT2D eigenvalue weighted by atomic mass is 9.96. The normalized spacial score (nSPS) is 14.2. The Morgan fingerprint density at radius 1 is 1.28 bits per heavy atom. The summed E-state index contributed by atoms with van der Waals surface area (Å²) in [5.74, 6) is 1.58. The molecule has 2 aromatic rings. The monoisotopic (exact) mass is 244 g/mol. The Kier molecular flexibility index (Phi) is 2.41. The second-order valence-electron chi connectivity index (χ2n) is 5.35. The number of hydrogen-bond acceptors (Lipinski definition) is 4. The number of benzene rings is 1. The molecule has 0 atom stereocenters. The average Bonchev–Trinajstić information content (AvgIpc) is 2.71. The van der Waals surface area contributed by atoms with Crippen LogP contribution in [-0.2, 0) is 6.42 Å². The van der Waals surface area contributed by atoms with Gasteiger partial charge in [-0.2, -0.15) is 0 Å². The van der Waals surface area contributed by atoms with Crippen molar-refractivity contribution in [3.8, 4) is 11.5 Å². The maximum absolute atomic E-state index is 6.08. The lowest BCUT2D eigenvalue weighted by Crippen LogP contribution is -2.34. The van der Waals surface area contributed by atoms with Gasteiger partial charge in [0.1, 0.15) is 0 Å². The van der Waals surface area contributed by atoms with Crippen LogP contribution in [0.15, 0.2) is 24.4 Å². The summed E-state index contributed by atoms with van der Waals surface area (Å²) in [4.78, 5) is 4.44. The van der Waals surface area contributed by atoms with Gasteiger partial charge in [-0.1, -0.05) is 0 Å². The van der Waals surface area contributed by atoms with Crippen LogP contribution in [0.25, 0.3) is 10.8 Å². The van der Waals surface area contributed by atoms with Crippen molar-refractivity contribution in [1.29, 1.82) is 0 Å². The number of rotatable bonds is 2. The Bertz CT molecular complexity index is 603. The van der Waals surface area contributed by atoms with Crippen molar-refractivity contribution in [2.75, 3.05) is 6.79 Å². The molecule has 1 aliphatic heterocycles. The molecule has 4 nitrogen and oxygen atoms in total. The predicted octanol–water partition coefficient (Wildman–Crippen LogP) is 2.24. The number of nitrogens with zero attached hydrogens (tertiary/aromatic N) is 1. The molecule has 0 amide bonds. The van der Waals surface area contributed by atoms with E-state index < -0.39 is 0 Å². The van der Waals surface area contributed by atoms with E-state index >= 15 is 0 Å². The lowest BCUT2D eigenvalue weighted by molar-refractivity contribution is 0.174. The third-order valence-corrected chi connectivity index (χ3v) is 2.96. The van der Waals surface area contributed by atoms with Gasteiger partial charge in [0, 0.05) is 23.5 Å². The Labute approximate surface area is 106 Å². The van der Waals surface area contributed by atoms with Crippen LogP contribution >= 0.6 is 0 Å². The molecule has 0 spiro atoms. The lowest BCUT2D eigenvalue weighted by Gasteiger charge is -2.18. The van der Waals surface area contributed by atoms with Gasteiger partial charge in [0.05, 0.1) is 5.69 Å². The largest absolute Gasteiger partial charge is 0.454 e. The van der Waals surface area contributed by atoms with Crippen LogP contribution in [0.5, 0.6) is 11.5 Å². The highest BCUT2D eigenvalue weighted by atomic mass is 16.7. The average molecular weight is 244 g/mol. The van der Waals surface area contributed by atoms with Crippen LogP contribution in [0.2, 0.25) is 0 Å². The van der Waals surface area contributed by atoms with Crippen molar-refractivity contribution in [2.24, 2.45) is 5.73 Å². The Morgan fingerprint density at radius 2 is 2.00 bits per heavy atom. The molecule has 18 heavy (non-hydrogen) atoms. The molecule has 1 aliphatic rings. The Hall–Kier alpha value is -1.81. The van der Waals surface area contributed by atoms with Gasteiger partial charge in [-0.3, -0.25) is 4.98 Å². The van der Waals surface area contributed by atoms with Crippen molar-refractivity contribution in [1.82, 2.24) is 4.98 Å². The molecule has 4 heteroatoms. The highest BCUT2D eigenvalue weighted by Gasteiger charge is 2.18. The van der Waals surface area contributed by atoms with E-state index in [1.54, 1.807) is 0 Å². The maximum atomic E-state index is 6.08. The van der Waals surface area contributed by atoms with E-state index in [0.29, 0.717) is 0 Å². The molecule has 0 bridgehead atoms. The summed E-state index contributed by atoms with van der Waals surface area (Å²) in [5.41, 5.74) is 6.79. The minimum atomic E-state index is -0.280. The minimum absolute atomic E-state index is 0.280. The molecule has 2 heterocycles. The van der Waals surface area contributed by atoms with Crippen molar-refractivity contribution < 1.29 is 9.47 Å². The van der Waals surface area contributed by atoms with Crippen molar-refractivity contribution in [3.63, 3.8) is 0 Å². The maximum Gasteiger partial charge on any atom is 0.231 e. The highest BCUT2D eigenvalue weighted by molar-refractivity contribution is 5.88. The molecule has 0 saturated heterocycles. The molecule has 0 radical (unpaired) electrons. The molecule has 0 unspecified atom stereocenters. The number of hydrogen-bond donors (Lipinski definition) is 1. The molecular formula is C14H16N2O2. The predicted molar refractivity (Wildman–Crippen MR) is 69.8 cm³/mol. The zero-order valence-corrected chi connectivity index (χ0v) is 10.6. The van der Waals surface area contributed by atoms with E-state index in [4.69, 9.17) is 15.2 Å². The summed E-state index contributed by atoms with van der Waals surface area (Å²) < 4.78 is 10.8. The third-order valence-electron chi connectivity index (χ3n) is 2.96. The molecule has 1 aromatic carbocycles. The van der Waals surface area contributed by atoms with E-state index in [-0.39, 0.29) is 12.3 Å². The summed E-state index contributed by atoms with van der Waals surface area (Å²) in [6.45, 7) is 4.29. The van der Waals surface area contributed by atoms with E-state index in [9.17, 15) is 0 Å². The van der Waals surface area contributed by atoms with Crippen molar-refractivity contribution in [2.45, 2.75) is 25.8 Å². The molecular weight excluding hydrogens is 228 g/mol. The molecule has 1 aromatic heterocycles. The van der Waals surface area contributed by atoms with Gasteiger partial charge in [0.25, 0.3) is 0 Å². The first-order valence-electron chi connectivity index (χ1n) is 5.99. The van der Waals surface area contributed by atoms with Crippen LogP contribution in [0, 0.1) is 0 Å². The summed E-state index contributed by atoms with van der Waals surface area (Å²) in [7, 11) is 0. The van der Waals surface area contributed by atoms with Gasteiger partial charge in [-0.05, 0) is 37.4 Å². The summed E-state index contributed by atoms with van der Waals surface area (Å²) in [6, 6.07) is 5.96. The van der Waals surface area contributed by atoms with E-state index in [1.807, 2.05) is 38.2 Å². The molecule has 2 N–H and O–H groups in total. The summed E-state index contributed by atoms with van der Waals surface area (Å²) in [5, 5.41) is 2.19. The van der Waals surface area contributed by atoms with Gasteiger partial charge in [0.2, 0.25) is 6.79 Å². The number of pyridine rings is 1. The molecule has 0 aliphatic carbocycles. The van der Waals surface area contributed by atoms with E-state index in [0.717, 1.165) is 34.4 Å². The molecule has 0 saturated carbocycles. The summed E-state index contributed by atoms with van der Waals surface area (Å²) in [6.07, 6.45) is 2.54. The second kappa shape index (κ2) is 3.85. The van der Waals surface area contributed by atoms with Crippen LogP contribution in [0.3, 0.4) is 0 Å². The Morgan fingerprint density at radius 3 is 2.72 bits per heavy atom. The van der Waals surface area contributed by atoms with Crippen LogP contribution in [0.1, 0.15) is 19.5 Å². The molecule has 94 valence electrons. The van der Waals surface area contributed by atoms with Crippen LogP contribution in [0.4, 0.5) is 0 Å². The second-order valence-corrected chi connectivity index (χ2v) is 5.35. The molecule has 3 rings (SSSR count). The fourth-order valence-electron chi connectivity index (χ4n) is 2.20. The zero-order valence-electron chi connectivity index (χ0n) is 10.6. The smallest absolute Gasteiger partial charge is 0.231 e. The first-order chi connectivity index (χ1) is 8.53. The first-order valence-corrected chi connectivity index (χ1v) is 5.99. The first kappa shape index (κ1) is 11.3. The number of fused-ring (bicyclic) bond motifs is 2. The van der Waals surface area contributed by atoms with Gasteiger partial charge in [-0.15, -0.1) is 0 Å². The van der Waals surface area contributed by atoms with Gasteiger partial charge in [0.15, 0.2) is 11.5 Å². The fraction of sp³-hybridized carbons (Fsp3) is 0.357. The standard InChI is InChI=1S/C14H16N2O2/c1-14(2,15)7-11-10-6-13-12(17-8-18-13)5-9(10)3-4-16-11/h3-6H,7-8,15H2,1-2H3. The minimum Gasteiger partial charge on any atom is -0.454 e. The quantitative estimate of drug-likeness (QED) is 0.880. The summed E-state index contributed by atoms with van der Waals surface area (Å²) >= 11 is 0. The number of nitrogens with two attached hydrogens (primary N) is 1. The number of ether oxygens (including phenoxy) is 2. The van der Waals surface area contributed by atoms with E-state index in [2.05, 4.69) is 4.98 Å². The third kappa shape index (κ3) is 1.99. The van der Waals surface area contributed by atoms with Gasteiger partial charge >= 0.3 is 0 Å². The van der Waals surface area contributed by atoms with Crippen molar-refractivity contribution >= 4 is 10.8 Å². The van der Waals surface area contributed by atoms with Gasteiger partial charge < -0.3 is 15.2 Å². The fourth-order valence-corrected chi connectivity index (χ4v) is 2.20. The van der Waals surface area contributed by atoms with Gasteiger partial charge in [-0.25, -0.2) is 0 Å². The van der Waals surface area contributed by atoms with Crippen molar-refractivity contribution in [3.05, 3.63) is 30.1 Å². The van der Waals surface area contributed by atoms with Crippen LogP contribution in [-0.4, -0.2) is 17.3 Å². The SMILES string of the molecule is CC(C)(N)Cc1nccc2cc3c(cc12)OCO3. The Balaban J connectivity index is 2.15. The highest BCUT2D eigenvalue weighted by Crippen LogP contribution is 2.37. The number of aromatic nitrogens is 1. The van der Waals surface area contributed by atoms with Crippen LogP contribution < -0.4 is 15.2 Å². The molecule has 0 fully saturated rings. The zero-order chi connectivity index (χ0) is 12.8. The topological polar surface area (TPSA) is 57.4 Å².